The number of nitrogens with zero attached hydrogens (tertiary/aromatic N) is 2. The first-order valence-corrected chi connectivity index (χ1v) is 7.84. The van der Waals surface area contributed by atoms with Crippen molar-refractivity contribution < 1.29 is 4.74 Å². The van der Waals surface area contributed by atoms with Crippen molar-refractivity contribution in [2.75, 3.05) is 11.9 Å². The molecule has 3 unspecified atom stereocenters. The first kappa shape index (κ1) is 15.5. The fraction of sp³-hybridized carbons (Fsp3) is 0.733. The molecule has 2 rings (SSSR count). The van der Waals surface area contributed by atoms with Crippen molar-refractivity contribution in [3.8, 4) is 0 Å². The molecule has 20 heavy (non-hydrogen) atoms. The van der Waals surface area contributed by atoms with Crippen LogP contribution in [0.3, 0.4) is 0 Å². The van der Waals surface area contributed by atoms with Gasteiger partial charge in [0.2, 0.25) is 0 Å². The zero-order chi connectivity index (χ0) is 14.5. The zero-order valence-electron chi connectivity index (χ0n) is 12.5. The van der Waals surface area contributed by atoms with Crippen LogP contribution < -0.4 is 5.32 Å². The molecular weight excluding hydrogens is 274 g/mol. The number of ether oxygens (including phenoxy) is 1. The van der Waals surface area contributed by atoms with Gasteiger partial charge in [0.1, 0.15) is 17.6 Å². The van der Waals surface area contributed by atoms with E-state index >= 15 is 0 Å². The van der Waals surface area contributed by atoms with E-state index in [1.807, 2.05) is 6.92 Å². The maximum absolute atomic E-state index is 6.06. The van der Waals surface area contributed by atoms with Crippen LogP contribution in [0, 0.1) is 11.8 Å². The molecular formula is C15H24ClN3O. The van der Waals surface area contributed by atoms with E-state index in [1.165, 1.54) is 19.3 Å². The smallest absolute Gasteiger partial charge is 0.158 e. The third kappa shape index (κ3) is 4.32. The van der Waals surface area contributed by atoms with Gasteiger partial charge in [-0.1, -0.05) is 25.4 Å². The molecule has 0 aliphatic heterocycles. The van der Waals surface area contributed by atoms with Crippen molar-refractivity contribution >= 4 is 17.4 Å². The molecule has 1 heterocycles. The lowest BCUT2D eigenvalue weighted by Crippen LogP contribution is -2.33. The summed E-state index contributed by atoms with van der Waals surface area (Å²) in [6, 6.07) is 2.26. The topological polar surface area (TPSA) is 47.0 Å². The predicted molar refractivity (Wildman–Crippen MR) is 82.0 cm³/mol. The largest absolute Gasteiger partial charge is 0.374 e. The number of anilines is 1. The third-order valence-electron chi connectivity index (χ3n) is 3.94. The molecule has 0 spiro atoms. The second-order valence-corrected chi connectivity index (χ2v) is 6.16. The molecule has 0 amide bonds. The Labute approximate surface area is 126 Å². The molecule has 3 atom stereocenters. The van der Waals surface area contributed by atoms with Crippen LogP contribution in [0.5, 0.6) is 0 Å². The molecule has 1 saturated carbocycles. The monoisotopic (exact) mass is 297 g/mol. The Morgan fingerprint density at radius 1 is 1.35 bits per heavy atom. The van der Waals surface area contributed by atoms with Crippen molar-refractivity contribution in [3.05, 3.63) is 17.0 Å². The Bertz CT molecular complexity index is 441. The number of nitrogens with one attached hydrogen (secondary N) is 1. The fourth-order valence-electron chi connectivity index (χ4n) is 2.87. The molecule has 0 aromatic carbocycles. The van der Waals surface area contributed by atoms with Crippen molar-refractivity contribution in [1.82, 2.24) is 9.97 Å². The zero-order valence-corrected chi connectivity index (χ0v) is 13.3. The summed E-state index contributed by atoms with van der Waals surface area (Å²) in [5.74, 6) is 2.93. The van der Waals surface area contributed by atoms with Crippen LogP contribution in [-0.4, -0.2) is 22.6 Å². The highest BCUT2D eigenvalue weighted by atomic mass is 35.5. The molecule has 1 fully saturated rings. The molecule has 112 valence electrons. The molecule has 5 heteroatoms. The number of halogens is 1. The van der Waals surface area contributed by atoms with Crippen LogP contribution in [0.4, 0.5) is 5.82 Å². The summed E-state index contributed by atoms with van der Waals surface area (Å²) in [6.45, 7) is 7.64. The van der Waals surface area contributed by atoms with Crippen LogP contribution in [0.1, 0.15) is 45.9 Å². The summed E-state index contributed by atoms with van der Waals surface area (Å²) >= 11 is 6.06. The van der Waals surface area contributed by atoms with Crippen molar-refractivity contribution in [3.63, 3.8) is 0 Å². The molecule has 0 radical (unpaired) electrons. The summed E-state index contributed by atoms with van der Waals surface area (Å²) in [6.07, 6.45) is 3.72. The van der Waals surface area contributed by atoms with E-state index < -0.39 is 0 Å². The fourth-order valence-corrected chi connectivity index (χ4v) is 3.07. The summed E-state index contributed by atoms with van der Waals surface area (Å²) in [4.78, 5) is 8.67. The van der Waals surface area contributed by atoms with E-state index in [0.29, 0.717) is 36.2 Å². The van der Waals surface area contributed by atoms with Gasteiger partial charge < -0.3 is 10.1 Å². The Kier molecular flexibility index (Phi) is 5.61. The first-order chi connectivity index (χ1) is 9.58. The number of hydrogen-bond acceptors (Lipinski definition) is 4. The number of rotatable bonds is 5. The molecule has 1 aliphatic rings. The van der Waals surface area contributed by atoms with Crippen LogP contribution in [0.25, 0.3) is 0 Å². The van der Waals surface area contributed by atoms with Gasteiger partial charge >= 0.3 is 0 Å². The summed E-state index contributed by atoms with van der Waals surface area (Å²) < 4.78 is 5.34. The van der Waals surface area contributed by atoms with Crippen molar-refractivity contribution in [2.45, 2.75) is 52.7 Å². The van der Waals surface area contributed by atoms with Crippen LogP contribution in [0.2, 0.25) is 5.15 Å². The van der Waals surface area contributed by atoms with E-state index in [-0.39, 0.29) is 0 Å². The van der Waals surface area contributed by atoms with Crippen LogP contribution in [-0.2, 0) is 11.3 Å². The lowest BCUT2D eigenvalue weighted by Gasteiger charge is -2.33. The summed E-state index contributed by atoms with van der Waals surface area (Å²) in [5.41, 5.74) is 0. The van der Waals surface area contributed by atoms with Gasteiger partial charge in [-0.3, -0.25) is 0 Å². The van der Waals surface area contributed by atoms with E-state index in [4.69, 9.17) is 16.3 Å². The van der Waals surface area contributed by atoms with E-state index in [0.717, 1.165) is 11.7 Å². The molecule has 1 aliphatic carbocycles. The van der Waals surface area contributed by atoms with E-state index in [1.54, 1.807) is 6.07 Å². The highest BCUT2D eigenvalue weighted by molar-refractivity contribution is 6.29. The minimum Gasteiger partial charge on any atom is -0.374 e. The molecule has 1 aromatic heterocycles. The summed E-state index contributed by atoms with van der Waals surface area (Å²) in [5, 5.41) is 3.98. The molecule has 0 bridgehead atoms. The quantitative estimate of drug-likeness (QED) is 0.837. The van der Waals surface area contributed by atoms with Crippen molar-refractivity contribution in [2.24, 2.45) is 11.8 Å². The van der Waals surface area contributed by atoms with Gasteiger partial charge in [-0.05, 0) is 38.0 Å². The predicted octanol–water partition coefficient (Wildman–Crippen LogP) is 3.90. The molecule has 1 aromatic rings. The lowest BCUT2D eigenvalue weighted by molar-refractivity contribution is 0.128. The van der Waals surface area contributed by atoms with E-state index in [2.05, 4.69) is 29.1 Å². The minimum atomic E-state index is 0.406. The van der Waals surface area contributed by atoms with Gasteiger partial charge in [-0.2, -0.15) is 0 Å². The van der Waals surface area contributed by atoms with E-state index in [9.17, 15) is 0 Å². The van der Waals surface area contributed by atoms with Crippen molar-refractivity contribution in [1.29, 1.82) is 0 Å². The van der Waals surface area contributed by atoms with Gasteiger partial charge in [0.15, 0.2) is 5.82 Å². The SMILES string of the molecule is CCOCc1nc(Cl)cc(NC2CCC(C)CC2C)n1. The second-order valence-electron chi connectivity index (χ2n) is 5.78. The molecule has 0 saturated heterocycles. The first-order valence-electron chi connectivity index (χ1n) is 7.46. The minimum absolute atomic E-state index is 0.406. The number of aromatic nitrogens is 2. The third-order valence-corrected chi connectivity index (χ3v) is 4.13. The Morgan fingerprint density at radius 2 is 2.15 bits per heavy atom. The van der Waals surface area contributed by atoms with Gasteiger partial charge in [0, 0.05) is 18.7 Å². The van der Waals surface area contributed by atoms with Gasteiger partial charge in [-0.25, -0.2) is 9.97 Å². The van der Waals surface area contributed by atoms with Gasteiger partial charge in [0.25, 0.3) is 0 Å². The highest BCUT2D eigenvalue weighted by Gasteiger charge is 2.25. The lowest BCUT2D eigenvalue weighted by atomic mass is 9.80. The maximum atomic E-state index is 6.06. The molecule has 1 N–H and O–H groups in total. The maximum Gasteiger partial charge on any atom is 0.158 e. The molecule has 4 nitrogen and oxygen atoms in total. The Morgan fingerprint density at radius 3 is 2.85 bits per heavy atom. The average Bonchev–Trinajstić information content (AvgIpc) is 2.39. The highest BCUT2D eigenvalue weighted by Crippen LogP contribution is 2.30. The number of hydrogen-bond donors (Lipinski definition) is 1. The van der Waals surface area contributed by atoms with Crippen LogP contribution >= 0.6 is 11.6 Å². The Hall–Kier alpha value is -0.870. The standard InChI is InChI=1S/C15H24ClN3O/c1-4-20-9-15-18-13(16)8-14(19-15)17-12-6-5-10(2)7-11(12)3/h8,10-12H,4-7,9H2,1-3H3,(H,17,18,19). The average molecular weight is 298 g/mol. The normalized spacial score (nSPS) is 26.5. The summed E-state index contributed by atoms with van der Waals surface area (Å²) in [7, 11) is 0. The van der Waals surface area contributed by atoms with Crippen LogP contribution in [0.15, 0.2) is 6.07 Å². The van der Waals surface area contributed by atoms with Gasteiger partial charge in [0.05, 0.1) is 0 Å². The second kappa shape index (κ2) is 7.23. The van der Waals surface area contributed by atoms with Gasteiger partial charge in [-0.15, -0.1) is 0 Å². The Balaban J connectivity index is 2.03.